The Morgan fingerprint density at radius 3 is 1.85 bits per heavy atom. The summed E-state index contributed by atoms with van der Waals surface area (Å²) in [6.45, 7) is 0. The Morgan fingerprint density at radius 1 is 0.481 bits per heavy atom. The molecule has 5 heterocycles. The zero-order chi connectivity index (χ0) is 35.5. The second-order valence-corrected chi connectivity index (χ2v) is 15.2. The van der Waals surface area contributed by atoms with Crippen LogP contribution < -0.4 is 0 Å². The number of rotatable bonds is 2. The molecule has 0 fully saturated rings. The van der Waals surface area contributed by atoms with Gasteiger partial charge in [0, 0.05) is 48.8 Å². The molecule has 0 bridgehead atoms. The summed E-state index contributed by atoms with van der Waals surface area (Å²) < 4.78 is 4.69. The second kappa shape index (κ2) is 10.8. The maximum absolute atomic E-state index is 9.77. The SMILES string of the molecule is N#Cc1ccc2c(c1)c1ccccc1n2-c1cnc2c(c1)C1(c3ccccc3Sc3cc(-n4c5ccccc5c5ccccc54)ccc31)c1cccnc1-2. The molecule has 2 aliphatic rings. The molecule has 1 aliphatic carbocycles. The summed E-state index contributed by atoms with van der Waals surface area (Å²) in [6, 6.07) is 56.6. The molecule has 4 aromatic heterocycles. The van der Waals surface area contributed by atoms with Crippen molar-refractivity contribution in [3.63, 3.8) is 0 Å². The van der Waals surface area contributed by atoms with Crippen LogP contribution in [0.3, 0.4) is 0 Å². The van der Waals surface area contributed by atoms with Gasteiger partial charge in [-0.15, -0.1) is 0 Å². The van der Waals surface area contributed by atoms with E-state index in [4.69, 9.17) is 9.97 Å². The first-order valence-corrected chi connectivity index (χ1v) is 18.9. The number of aromatic nitrogens is 4. The number of para-hydroxylation sites is 3. The predicted molar refractivity (Wildman–Crippen MR) is 217 cm³/mol. The van der Waals surface area contributed by atoms with Gasteiger partial charge >= 0.3 is 0 Å². The summed E-state index contributed by atoms with van der Waals surface area (Å²) in [7, 11) is 0. The van der Waals surface area contributed by atoms with E-state index in [-0.39, 0.29) is 0 Å². The first-order valence-electron chi connectivity index (χ1n) is 18.0. The summed E-state index contributed by atoms with van der Waals surface area (Å²) in [5.41, 5.74) is 13.1. The van der Waals surface area contributed by atoms with Gasteiger partial charge in [-0.3, -0.25) is 9.97 Å². The van der Waals surface area contributed by atoms with Crippen molar-refractivity contribution in [3.8, 4) is 28.8 Å². The predicted octanol–water partition coefficient (Wildman–Crippen LogP) is 11.4. The third kappa shape index (κ3) is 3.73. The Bertz CT molecular complexity index is 3240. The van der Waals surface area contributed by atoms with Gasteiger partial charge < -0.3 is 9.13 Å². The van der Waals surface area contributed by atoms with Crippen molar-refractivity contribution in [1.29, 1.82) is 5.26 Å². The molecule has 0 saturated carbocycles. The first kappa shape index (κ1) is 29.6. The fraction of sp³-hybridized carbons (Fsp3) is 0.0208. The van der Waals surface area contributed by atoms with Crippen molar-refractivity contribution < 1.29 is 0 Å². The summed E-state index contributed by atoms with van der Waals surface area (Å²) in [5, 5.41) is 14.4. The summed E-state index contributed by atoms with van der Waals surface area (Å²) in [5.74, 6) is 0. The van der Waals surface area contributed by atoms with Crippen molar-refractivity contribution in [2.75, 3.05) is 0 Å². The van der Waals surface area contributed by atoms with E-state index in [1.807, 2.05) is 36.3 Å². The van der Waals surface area contributed by atoms with Crippen molar-refractivity contribution in [2.45, 2.75) is 15.2 Å². The van der Waals surface area contributed by atoms with E-state index in [1.165, 1.54) is 42.7 Å². The van der Waals surface area contributed by atoms with Crippen LogP contribution in [0, 0.1) is 11.3 Å². The highest BCUT2D eigenvalue weighted by molar-refractivity contribution is 7.99. The molecule has 250 valence electrons. The van der Waals surface area contributed by atoms with Gasteiger partial charge in [0.1, 0.15) is 0 Å². The van der Waals surface area contributed by atoms with Crippen molar-refractivity contribution in [2.24, 2.45) is 0 Å². The van der Waals surface area contributed by atoms with Gasteiger partial charge in [0.05, 0.1) is 62.4 Å². The lowest BCUT2D eigenvalue weighted by Crippen LogP contribution is -2.32. The van der Waals surface area contributed by atoms with Crippen LogP contribution in [-0.4, -0.2) is 19.1 Å². The van der Waals surface area contributed by atoms with Crippen molar-refractivity contribution >= 4 is 55.4 Å². The van der Waals surface area contributed by atoms with Gasteiger partial charge in [-0.2, -0.15) is 5.26 Å². The van der Waals surface area contributed by atoms with Crippen LogP contribution in [0.2, 0.25) is 0 Å². The number of hydrogen-bond donors (Lipinski definition) is 0. The fourth-order valence-corrected chi connectivity index (χ4v) is 10.6. The Kier molecular flexibility index (Phi) is 5.92. The molecule has 5 nitrogen and oxygen atoms in total. The fourth-order valence-electron chi connectivity index (χ4n) is 9.37. The Morgan fingerprint density at radius 2 is 1.09 bits per heavy atom. The lowest BCUT2D eigenvalue weighted by Gasteiger charge is -2.39. The van der Waals surface area contributed by atoms with Gasteiger partial charge in [-0.05, 0) is 83.4 Å². The monoisotopic (exact) mass is 705 g/mol. The zero-order valence-electron chi connectivity index (χ0n) is 28.7. The number of hydrogen-bond acceptors (Lipinski definition) is 4. The maximum atomic E-state index is 9.77. The van der Waals surface area contributed by atoms with Gasteiger partial charge in [-0.1, -0.05) is 96.7 Å². The number of nitriles is 1. The zero-order valence-corrected chi connectivity index (χ0v) is 29.5. The van der Waals surface area contributed by atoms with E-state index in [0.29, 0.717) is 5.56 Å². The van der Waals surface area contributed by atoms with Gasteiger partial charge in [0.2, 0.25) is 0 Å². The number of fused-ring (bicyclic) bond motifs is 15. The minimum atomic E-state index is -0.648. The van der Waals surface area contributed by atoms with E-state index in [2.05, 4.69) is 155 Å². The Balaban J connectivity index is 1.16. The third-order valence-electron chi connectivity index (χ3n) is 11.5. The van der Waals surface area contributed by atoms with Gasteiger partial charge in [0.15, 0.2) is 0 Å². The van der Waals surface area contributed by atoms with E-state index >= 15 is 0 Å². The lowest BCUT2D eigenvalue weighted by molar-refractivity contribution is 0.718. The standard InChI is InChI=1S/C48H27N5S/c49-27-29-19-22-43-35(24-29)34-12-3-7-17-42(34)53(43)31-25-39-47(51-28-31)46-38(14-9-23-50-46)48(39)36-13-4-8-18-44(36)54-45-26-30(20-21-37(45)48)52-40-15-5-1-10-32(40)33-11-2-6-16-41(33)52/h1-26,28H. The molecule has 10 aromatic rings. The molecule has 1 aliphatic heterocycles. The summed E-state index contributed by atoms with van der Waals surface area (Å²) in [4.78, 5) is 12.7. The first-order chi connectivity index (χ1) is 26.7. The minimum absolute atomic E-state index is 0.645. The van der Waals surface area contributed by atoms with Crippen molar-refractivity contribution in [1.82, 2.24) is 19.1 Å². The normalized spacial score (nSPS) is 15.4. The van der Waals surface area contributed by atoms with E-state index in [9.17, 15) is 5.26 Å². The molecule has 6 aromatic carbocycles. The molecule has 6 heteroatoms. The Hall–Kier alpha value is -6.94. The third-order valence-corrected chi connectivity index (χ3v) is 12.6. The molecule has 1 spiro atoms. The molecule has 1 atom stereocenters. The largest absolute Gasteiger partial charge is 0.309 e. The molecule has 54 heavy (non-hydrogen) atoms. The maximum Gasteiger partial charge on any atom is 0.0991 e. The molecule has 1 unspecified atom stereocenters. The average molecular weight is 706 g/mol. The molecular formula is C48H27N5S. The minimum Gasteiger partial charge on any atom is -0.309 e. The molecule has 0 amide bonds. The lowest BCUT2D eigenvalue weighted by atomic mass is 9.67. The van der Waals surface area contributed by atoms with Crippen LogP contribution >= 0.6 is 11.8 Å². The van der Waals surface area contributed by atoms with Crippen LogP contribution in [0.4, 0.5) is 0 Å². The summed E-state index contributed by atoms with van der Waals surface area (Å²) >= 11 is 1.84. The molecule has 0 radical (unpaired) electrons. The van der Waals surface area contributed by atoms with Crippen LogP contribution in [-0.2, 0) is 5.41 Å². The molecule has 0 saturated heterocycles. The number of benzene rings is 6. The Labute approximate surface area is 314 Å². The quantitative estimate of drug-likeness (QED) is 0.180. The average Bonchev–Trinajstić information content (AvgIpc) is 3.85. The van der Waals surface area contributed by atoms with Crippen LogP contribution in [0.15, 0.2) is 174 Å². The molecule has 0 N–H and O–H groups in total. The molecular weight excluding hydrogens is 679 g/mol. The topological polar surface area (TPSA) is 59.4 Å². The highest BCUT2D eigenvalue weighted by Gasteiger charge is 2.51. The van der Waals surface area contributed by atoms with Crippen LogP contribution in [0.25, 0.3) is 66.4 Å². The highest BCUT2D eigenvalue weighted by atomic mass is 32.2. The summed E-state index contributed by atoms with van der Waals surface area (Å²) in [6.07, 6.45) is 3.86. The van der Waals surface area contributed by atoms with Gasteiger partial charge in [-0.25, -0.2) is 0 Å². The van der Waals surface area contributed by atoms with Crippen molar-refractivity contribution in [3.05, 3.63) is 192 Å². The number of nitrogens with zero attached hydrogens (tertiary/aromatic N) is 5. The molecule has 12 rings (SSSR count). The van der Waals surface area contributed by atoms with E-state index in [1.54, 1.807) is 0 Å². The van der Waals surface area contributed by atoms with Crippen LogP contribution in [0.5, 0.6) is 0 Å². The van der Waals surface area contributed by atoms with Gasteiger partial charge in [0.25, 0.3) is 0 Å². The smallest absolute Gasteiger partial charge is 0.0991 e. The highest BCUT2D eigenvalue weighted by Crippen LogP contribution is 2.61. The number of pyridine rings is 2. The van der Waals surface area contributed by atoms with E-state index in [0.717, 1.165) is 55.7 Å². The second-order valence-electron chi connectivity index (χ2n) is 14.1. The van der Waals surface area contributed by atoms with Crippen LogP contribution in [0.1, 0.15) is 27.8 Å². The van der Waals surface area contributed by atoms with E-state index < -0.39 is 5.41 Å².